The molecule has 0 radical (unpaired) electrons. The van der Waals surface area contributed by atoms with Crippen LogP contribution in [0.25, 0.3) is 0 Å². The number of aliphatic hydroxyl groups excluding tert-OH is 1. The fraction of sp³-hybridized carbons (Fsp3) is 0.500. The highest BCUT2D eigenvalue weighted by Crippen LogP contribution is 2.26. The molecule has 0 spiro atoms. The van der Waals surface area contributed by atoms with Crippen LogP contribution in [0.4, 0.5) is 5.69 Å². The average Bonchev–Trinajstić information content (AvgIpc) is 2.47. The summed E-state index contributed by atoms with van der Waals surface area (Å²) in [6.45, 7) is 3.60. The smallest absolute Gasteiger partial charge is 0.259 e. The molecule has 20 heavy (non-hydrogen) atoms. The standard InChI is InChI=1S/C14H21N3O3/c1-20-12-4-2-3-11(15)13(12)14(19)17-7-5-16(6-8-17)9-10-18/h2-4,18H,5-10,15H2,1H3. The van der Waals surface area contributed by atoms with E-state index in [1.807, 2.05) is 0 Å². The molecule has 3 N–H and O–H groups in total. The minimum Gasteiger partial charge on any atom is -0.496 e. The number of ether oxygens (including phenoxy) is 1. The zero-order chi connectivity index (χ0) is 14.5. The second-order valence-corrected chi connectivity index (χ2v) is 4.78. The maximum atomic E-state index is 12.6. The second-order valence-electron chi connectivity index (χ2n) is 4.78. The van der Waals surface area contributed by atoms with E-state index < -0.39 is 0 Å². The van der Waals surface area contributed by atoms with Crippen molar-refractivity contribution in [3.63, 3.8) is 0 Å². The SMILES string of the molecule is COc1cccc(N)c1C(=O)N1CCN(CCO)CC1. The largest absolute Gasteiger partial charge is 0.496 e. The van der Waals surface area contributed by atoms with Crippen LogP contribution < -0.4 is 10.5 Å². The van der Waals surface area contributed by atoms with Crippen molar-refractivity contribution in [1.29, 1.82) is 0 Å². The molecule has 1 aliphatic heterocycles. The fourth-order valence-electron chi connectivity index (χ4n) is 2.42. The van der Waals surface area contributed by atoms with Crippen LogP contribution in [-0.2, 0) is 0 Å². The van der Waals surface area contributed by atoms with E-state index in [0.717, 1.165) is 13.1 Å². The van der Waals surface area contributed by atoms with E-state index in [2.05, 4.69) is 4.90 Å². The Morgan fingerprint density at radius 3 is 2.65 bits per heavy atom. The van der Waals surface area contributed by atoms with E-state index in [4.69, 9.17) is 15.6 Å². The van der Waals surface area contributed by atoms with Gasteiger partial charge in [-0.3, -0.25) is 9.69 Å². The molecule has 0 bridgehead atoms. The monoisotopic (exact) mass is 279 g/mol. The lowest BCUT2D eigenvalue weighted by molar-refractivity contribution is 0.0613. The lowest BCUT2D eigenvalue weighted by Gasteiger charge is -2.34. The topological polar surface area (TPSA) is 79.0 Å². The van der Waals surface area contributed by atoms with E-state index in [1.165, 1.54) is 7.11 Å². The Bertz CT molecular complexity index is 471. The van der Waals surface area contributed by atoms with E-state index in [9.17, 15) is 4.79 Å². The van der Waals surface area contributed by atoms with Crippen LogP contribution in [0.1, 0.15) is 10.4 Å². The van der Waals surface area contributed by atoms with Gasteiger partial charge in [-0.05, 0) is 12.1 Å². The van der Waals surface area contributed by atoms with Crippen LogP contribution in [0.15, 0.2) is 18.2 Å². The third kappa shape index (κ3) is 3.02. The van der Waals surface area contributed by atoms with Gasteiger partial charge in [-0.25, -0.2) is 0 Å². The summed E-state index contributed by atoms with van der Waals surface area (Å²) in [5.74, 6) is 0.413. The molecule has 1 saturated heterocycles. The first-order valence-electron chi connectivity index (χ1n) is 6.72. The number of β-amino-alcohol motifs (C(OH)–C–C–N with tert-alkyl or cyclic N) is 1. The second kappa shape index (κ2) is 6.58. The minimum atomic E-state index is -0.0939. The summed E-state index contributed by atoms with van der Waals surface area (Å²) in [4.78, 5) is 16.5. The van der Waals surface area contributed by atoms with Crippen molar-refractivity contribution in [3.8, 4) is 5.75 Å². The highest BCUT2D eigenvalue weighted by atomic mass is 16.5. The number of carbonyl (C=O) groups excluding carboxylic acids is 1. The number of anilines is 1. The van der Waals surface area contributed by atoms with Crippen molar-refractivity contribution in [2.45, 2.75) is 0 Å². The number of piperazine rings is 1. The highest BCUT2D eigenvalue weighted by molar-refractivity contribution is 6.01. The summed E-state index contributed by atoms with van der Waals surface area (Å²) in [6, 6.07) is 5.22. The number of methoxy groups -OCH3 is 1. The van der Waals surface area contributed by atoms with Gasteiger partial charge in [0.2, 0.25) is 0 Å². The molecule has 2 rings (SSSR count). The van der Waals surface area contributed by atoms with Gasteiger partial charge in [-0.15, -0.1) is 0 Å². The highest BCUT2D eigenvalue weighted by Gasteiger charge is 2.25. The van der Waals surface area contributed by atoms with Crippen molar-refractivity contribution in [3.05, 3.63) is 23.8 Å². The minimum absolute atomic E-state index is 0.0939. The molecule has 0 atom stereocenters. The first-order chi connectivity index (χ1) is 9.67. The van der Waals surface area contributed by atoms with Gasteiger partial charge in [-0.2, -0.15) is 0 Å². The number of carbonyl (C=O) groups is 1. The van der Waals surface area contributed by atoms with Crippen LogP contribution in [-0.4, -0.2) is 67.3 Å². The predicted molar refractivity (Wildman–Crippen MR) is 76.8 cm³/mol. The van der Waals surface area contributed by atoms with Gasteiger partial charge < -0.3 is 20.5 Å². The summed E-state index contributed by atoms with van der Waals surface area (Å²) in [7, 11) is 1.53. The number of benzene rings is 1. The van der Waals surface area contributed by atoms with Gasteiger partial charge in [-0.1, -0.05) is 6.07 Å². The molecule has 0 unspecified atom stereocenters. The zero-order valence-corrected chi connectivity index (χ0v) is 11.7. The Labute approximate surface area is 118 Å². The number of nitrogens with zero attached hydrogens (tertiary/aromatic N) is 2. The van der Waals surface area contributed by atoms with Crippen LogP contribution >= 0.6 is 0 Å². The first-order valence-corrected chi connectivity index (χ1v) is 6.72. The Hall–Kier alpha value is -1.79. The van der Waals surface area contributed by atoms with Crippen molar-refractivity contribution in [2.75, 3.05) is 52.2 Å². The Morgan fingerprint density at radius 2 is 2.05 bits per heavy atom. The predicted octanol–water partition coefficient (Wildman–Crippen LogP) is 0.0275. The molecule has 0 saturated carbocycles. The number of rotatable bonds is 4. The van der Waals surface area contributed by atoms with E-state index in [-0.39, 0.29) is 12.5 Å². The van der Waals surface area contributed by atoms with Crippen molar-refractivity contribution < 1.29 is 14.6 Å². The third-order valence-electron chi connectivity index (χ3n) is 3.57. The molecule has 1 amide bonds. The number of nitrogens with two attached hydrogens (primary N) is 1. The third-order valence-corrected chi connectivity index (χ3v) is 3.57. The van der Waals surface area contributed by atoms with Crippen LogP contribution in [0, 0.1) is 0 Å². The number of nitrogen functional groups attached to an aromatic ring is 1. The van der Waals surface area contributed by atoms with Crippen LogP contribution in [0.5, 0.6) is 5.75 Å². The van der Waals surface area contributed by atoms with Crippen LogP contribution in [0.3, 0.4) is 0 Å². The molecule has 1 heterocycles. The Kier molecular flexibility index (Phi) is 4.81. The van der Waals surface area contributed by atoms with Crippen LogP contribution in [0.2, 0.25) is 0 Å². The number of aliphatic hydroxyl groups is 1. The van der Waals surface area contributed by atoms with Gasteiger partial charge in [0.25, 0.3) is 5.91 Å². The fourth-order valence-corrected chi connectivity index (χ4v) is 2.42. The summed E-state index contributed by atoms with van der Waals surface area (Å²) in [5, 5.41) is 8.92. The van der Waals surface area contributed by atoms with Gasteiger partial charge >= 0.3 is 0 Å². The quantitative estimate of drug-likeness (QED) is 0.760. The molecule has 6 nitrogen and oxygen atoms in total. The zero-order valence-electron chi connectivity index (χ0n) is 11.7. The number of amides is 1. The van der Waals surface area contributed by atoms with Gasteiger partial charge in [0, 0.05) is 38.4 Å². The molecule has 1 aromatic rings. The van der Waals surface area contributed by atoms with Crippen molar-refractivity contribution in [1.82, 2.24) is 9.80 Å². The lowest BCUT2D eigenvalue weighted by Crippen LogP contribution is -2.49. The van der Waals surface area contributed by atoms with E-state index >= 15 is 0 Å². The van der Waals surface area contributed by atoms with Crippen molar-refractivity contribution in [2.24, 2.45) is 0 Å². The molecular formula is C14H21N3O3. The maximum Gasteiger partial charge on any atom is 0.259 e. The molecule has 110 valence electrons. The summed E-state index contributed by atoms with van der Waals surface area (Å²) in [5.41, 5.74) is 6.78. The van der Waals surface area contributed by atoms with Gasteiger partial charge in [0.15, 0.2) is 0 Å². The summed E-state index contributed by atoms with van der Waals surface area (Å²) in [6.07, 6.45) is 0. The van der Waals surface area contributed by atoms with E-state index in [1.54, 1.807) is 23.1 Å². The molecule has 0 aliphatic carbocycles. The molecule has 1 aliphatic rings. The molecule has 6 heteroatoms. The van der Waals surface area contributed by atoms with Crippen molar-refractivity contribution >= 4 is 11.6 Å². The molecular weight excluding hydrogens is 258 g/mol. The summed E-state index contributed by atoms with van der Waals surface area (Å²) >= 11 is 0. The maximum absolute atomic E-state index is 12.6. The molecule has 1 aromatic carbocycles. The number of hydrogen-bond acceptors (Lipinski definition) is 5. The number of hydrogen-bond donors (Lipinski definition) is 2. The lowest BCUT2D eigenvalue weighted by atomic mass is 10.1. The Morgan fingerprint density at radius 1 is 1.35 bits per heavy atom. The average molecular weight is 279 g/mol. The molecule has 0 aromatic heterocycles. The van der Waals surface area contributed by atoms with Gasteiger partial charge in [0.1, 0.15) is 11.3 Å². The van der Waals surface area contributed by atoms with E-state index in [0.29, 0.717) is 36.6 Å². The van der Waals surface area contributed by atoms with Gasteiger partial charge in [0.05, 0.1) is 13.7 Å². The normalized spacial score (nSPS) is 16.2. The molecule has 1 fully saturated rings. The Balaban J connectivity index is 2.09. The first kappa shape index (κ1) is 14.6. The summed E-state index contributed by atoms with van der Waals surface area (Å²) < 4.78 is 5.23.